The molecule has 0 unspecified atom stereocenters. The molecule has 0 amide bonds. The van der Waals surface area contributed by atoms with Gasteiger partial charge in [0.25, 0.3) is 10.0 Å². The first-order valence-corrected chi connectivity index (χ1v) is 8.05. The standard InChI is InChI=1S/C15H14ClNO3S/c1-9-6-11(3)15(7-10(9)2)21(19,20)17-12-4-5-14(18)13(16)8-12/h4-8H,1-3H3/b17-12+. The molecule has 0 saturated heterocycles. The third kappa shape index (κ3) is 3.31. The summed E-state index contributed by atoms with van der Waals surface area (Å²) < 4.78 is 28.5. The minimum atomic E-state index is -3.85. The predicted octanol–water partition coefficient (Wildman–Crippen LogP) is 3.00. The molecular weight excluding hydrogens is 310 g/mol. The van der Waals surface area contributed by atoms with Crippen LogP contribution in [0, 0.1) is 20.8 Å². The molecule has 6 heteroatoms. The van der Waals surface area contributed by atoms with Crippen LogP contribution in [0.4, 0.5) is 0 Å². The van der Waals surface area contributed by atoms with Crippen LogP contribution < -0.4 is 0 Å². The molecule has 1 aliphatic rings. The van der Waals surface area contributed by atoms with Crippen LogP contribution in [0.25, 0.3) is 0 Å². The van der Waals surface area contributed by atoms with E-state index in [-0.39, 0.29) is 21.4 Å². The van der Waals surface area contributed by atoms with Gasteiger partial charge in [0, 0.05) is 0 Å². The number of halogens is 1. The second-order valence-electron chi connectivity index (χ2n) is 4.88. The van der Waals surface area contributed by atoms with E-state index in [1.54, 1.807) is 13.0 Å². The quantitative estimate of drug-likeness (QED) is 0.786. The zero-order valence-electron chi connectivity index (χ0n) is 11.8. The number of hydrogen-bond acceptors (Lipinski definition) is 3. The fourth-order valence-corrected chi connectivity index (χ4v) is 3.40. The van der Waals surface area contributed by atoms with Crippen molar-refractivity contribution < 1.29 is 13.2 Å². The van der Waals surface area contributed by atoms with Crippen molar-refractivity contribution in [2.75, 3.05) is 0 Å². The molecule has 0 bridgehead atoms. The van der Waals surface area contributed by atoms with Crippen molar-refractivity contribution in [2.45, 2.75) is 25.7 Å². The second kappa shape index (κ2) is 5.58. The fourth-order valence-electron chi connectivity index (χ4n) is 1.95. The Kier molecular flexibility index (Phi) is 4.16. The fraction of sp³-hybridized carbons (Fsp3) is 0.200. The number of carbonyl (C=O) groups is 1. The number of benzene rings is 1. The first-order valence-electron chi connectivity index (χ1n) is 6.23. The van der Waals surface area contributed by atoms with Gasteiger partial charge in [-0.05, 0) is 61.8 Å². The molecule has 0 radical (unpaired) electrons. The smallest absolute Gasteiger partial charge is 0.283 e. The number of rotatable bonds is 2. The molecule has 0 atom stereocenters. The molecule has 0 heterocycles. The van der Waals surface area contributed by atoms with Gasteiger partial charge in [0.1, 0.15) is 0 Å². The van der Waals surface area contributed by atoms with Crippen molar-refractivity contribution in [3.63, 3.8) is 0 Å². The van der Waals surface area contributed by atoms with E-state index in [0.29, 0.717) is 5.56 Å². The number of aryl methyl sites for hydroxylation is 3. The highest BCUT2D eigenvalue weighted by Gasteiger charge is 2.19. The molecular formula is C15H14ClNO3S. The van der Waals surface area contributed by atoms with Gasteiger partial charge in [-0.2, -0.15) is 12.8 Å². The normalized spacial score (nSPS) is 17.2. The van der Waals surface area contributed by atoms with Gasteiger partial charge in [0.2, 0.25) is 0 Å². The van der Waals surface area contributed by atoms with Gasteiger partial charge in [-0.25, -0.2) is 0 Å². The Balaban J connectivity index is 2.52. The van der Waals surface area contributed by atoms with Gasteiger partial charge in [0.15, 0.2) is 5.78 Å². The van der Waals surface area contributed by atoms with E-state index in [1.165, 1.54) is 18.2 Å². The van der Waals surface area contributed by atoms with Gasteiger partial charge in [0.05, 0.1) is 15.6 Å². The third-order valence-corrected chi connectivity index (χ3v) is 4.95. The maximum Gasteiger partial charge on any atom is 0.283 e. The van der Waals surface area contributed by atoms with Gasteiger partial charge in [-0.15, -0.1) is 0 Å². The number of allylic oxidation sites excluding steroid dienone is 4. The largest absolute Gasteiger partial charge is 0.288 e. The van der Waals surface area contributed by atoms with Crippen LogP contribution in [-0.2, 0) is 14.8 Å². The van der Waals surface area contributed by atoms with Gasteiger partial charge in [-0.3, -0.25) is 4.79 Å². The van der Waals surface area contributed by atoms with E-state index < -0.39 is 10.0 Å². The molecule has 2 rings (SSSR count). The second-order valence-corrected chi connectivity index (χ2v) is 6.86. The lowest BCUT2D eigenvalue weighted by Gasteiger charge is -2.09. The molecule has 1 aromatic rings. The number of sulfonamides is 1. The summed E-state index contributed by atoms with van der Waals surface area (Å²) in [5.74, 6) is -0.365. The molecule has 21 heavy (non-hydrogen) atoms. The van der Waals surface area contributed by atoms with Crippen molar-refractivity contribution in [2.24, 2.45) is 4.40 Å². The predicted molar refractivity (Wildman–Crippen MR) is 83.4 cm³/mol. The zero-order valence-corrected chi connectivity index (χ0v) is 13.4. The topological polar surface area (TPSA) is 63.6 Å². The lowest BCUT2D eigenvalue weighted by molar-refractivity contribution is -0.110. The lowest BCUT2D eigenvalue weighted by atomic mass is 10.1. The monoisotopic (exact) mass is 323 g/mol. The van der Waals surface area contributed by atoms with Crippen LogP contribution >= 0.6 is 11.6 Å². The summed E-state index contributed by atoms with van der Waals surface area (Å²) in [7, 11) is -3.85. The molecule has 4 nitrogen and oxygen atoms in total. The highest BCUT2D eigenvalue weighted by atomic mass is 35.5. The average molecular weight is 324 g/mol. The first-order chi connectivity index (χ1) is 9.70. The Bertz CT molecular complexity index is 818. The van der Waals surface area contributed by atoms with Crippen molar-refractivity contribution in [3.8, 4) is 0 Å². The molecule has 1 aromatic carbocycles. The third-order valence-electron chi connectivity index (χ3n) is 3.21. The van der Waals surface area contributed by atoms with Gasteiger partial charge >= 0.3 is 0 Å². The number of carbonyl (C=O) groups excluding carboxylic acids is 1. The maximum absolute atomic E-state index is 12.4. The van der Waals surface area contributed by atoms with Gasteiger partial charge < -0.3 is 0 Å². The molecule has 0 spiro atoms. The summed E-state index contributed by atoms with van der Waals surface area (Å²) in [6.45, 7) is 5.49. The highest BCUT2D eigenvalue weighted by molar-refractivity contribution is 7.90. The SMILES string of the molecule is Cc1cc(C)c(S(=O)(=O)/N=C2\C=CC(=O)C(Cl)=C2)cc1C. The molecule has 0 N–H and O–H groups in total. The van der Waals surface area contributed by atoms with Crippen molar-refractivity contribution in [1.82, 2.24) is 0 Å². The summed E-state index contributed by atoms with van der Waals surface area (Å²) in [5, 5.41) is -0.0525. The van der Waals surface area contributed by atoms with Crippen LogP contribution in [-0.4, -0.2) is 19.9 Å². The Morgan fingerprint density at radius 3 is 2.24 bits per heavy atom. The number of ketones is 1. The van der Waals surface area contributed by atoms with Crippen LogP contribution in [0.3, 0.4) is 0 Å². The average Bonchev–Trinajstić information content (AvgIpc) is 2.37. The van der Waals surface area contributed by atoms with E-state index in [9.17, 15) is 13.2 Å². The van der Waals surface area contributed by atoms with Gasteiger partial charge in [-0.1, -0.05) is 17.7 Å². The molecule has 110 valence electrons. The summed E-state index contributed by atoms with van der Waals surface area (Å²) in [4.78, 5) is 11.4. The van der Waals surface area contributed by atoms with E-state index in [0.717, 1.165) is 11.1 Å². The molecule has 0 fully saturated rings. The van der Waals surface area contributed by atoms with E-state index in [2.05, 4.69) is 4.40 Å². The molecule has 1 aliphatic carbocycles. The number of hydrogen-bond donors (Lipinski definition) is 0. The summed E-state index contributed by atoms with van der Waals surface area (Å²) >= 11 is 5.70. The summed E-state index contributed by atoms with van der Waals surface area (Å²) in [5.41, 5.74) is 2.66. The van der Waals surface area contributed by atoms with E-state index >= 15 is 0 Å². The molecule has 0 aliphatic heterocycles. The van der Waals surface area contributed by atoms with E-state index in [4.69, 9.17) is 11.6 Å². The number of nitrogens with zero attached hydrogens (tertiary/aromatic N) is 1. The molecule has 0 aromatic heterocycles. The van der Waals surface area contributed by atoms with Crippen LogP contribution in [0.15, 0.2) is 44.7 Å². The van der Waals surface area contributed by atoms with Crippen molar-refractivity contribution in [3.05, 3.63) is 52.1 Å². The Hall–Kier alpha value is -1.72. The highest BCUT2D eigenvalue weighted by Crippen LogP contribution is 2.22. The van der Waals surface area contributed by atoms with Crippen LogP contribution in [0.2, 0.25) is 0 Å². The summed E-state index contributed by atoms with van der Waals surface area (Å²) in [6, 6.07) is 3.42. The summed E-state index contributed by atoms with van der Waals surface area (Å²) in [6.07, 6.45) is 3.78. The van der Waals surface area contributed by atoms with Crippen LogP contribution in [0.1, 0.15) is 16.7 Å². The van der Waals surface area contributed by atoms with Crippen molar-refractivity contribution in [1.29, 1.82) is 0 Å². The Labute approximate surface area is 128 Å². The van der Waals surface area contributed by atoms with Crippen LogP contribution in [0.5, 0.6) is 0 Å². The minimum absolute atomic E-state index is 0.0525. The molecule has 0 saturated carbocycles. The van der Waals surface area contributed by atoms with E-state index in [1.807, 2.05) is 19.9 Å². The van der Waals surface area contributed by atoms with Crippen molar-refractivity contribution >= 4 is 33.1 Å². The Morgan fingerprint density at radius 2 is 1.62 bits per heavy atom. The minimum Gasteiger partial charge on any atom is -0.288 e. The lowest BCUT2D eigenvalue weighted by Crippen LogP contribution is -2.08. The first kappa shape index (κ1) is 15.7. The Morgan fingerprint density at radius 1 is 1.00 bits per heavy atom. The maximum atomic E-state index is 12.4. The zero-order chi connectivity index (χ0) is 15.8.